The van der Waals surface area contributed by atoms with E-state index in [4.69, 9.17) is 16.3 Å². The quantitative estimate of drug-likeness (QED) is 0.792. The number of nitrogens with zero attached hydrogens (tertiary/aromatic N) is 2. The van der Waals surface area contributed by atoms with Crippen LogP contribution in [0.2, 0.25) is 5.02 Å². The van der Waals surface area contributed by atoms with Crippen LogP contribution in [0.15, 0.2) is 18.5 Å². The van der Waals surface area contributed by atoms with Crippen molar-refractivity contribution < 1.29 is 4.74 Å². The van der Waals surface area contributed by atoms with Gasteiger partial charge in [0.05, 0.1) is 11.2 Å². The Balaban J connectivity index is 1.95. The molecule has 0 N–H and O–H groups in total. The van der Waals surface area contributed by atoms with Crippen LogP contribution >= 0.6 is 11.6 Å². The summed E-state index contributed by atoms with van der Waals surface area (Å²) in [5.41, 5.74) is 0. The summed E-state index contributed by atoms with van der Waals surface area (Å²) < 4.78 is 5.76. The maximum absolute atomic E-state index is 5.83. The number of halogens is 1. The highest BCUT2D eigenvalue weighted by molar-refractivity contribution is 6.30. The van der Waals surface area contributed by atoms with Crippen molar-refractivity contribution in [3.63, 3.8) is 0 Å². The van der Waals surface area contributed by atoms with Gasteiger partial charge in [0, 0.05) is 25.4 Å². The van der Waals surface area contributed by atoms with Crippen LogP contribution < -0.4 is 4.74 Å². The topological polar surface area (TPSA) is 25.4 Å². The summed E-state index contributed by atoms with van der Waals surface area (Å²) in [4.78, 5) is 6.31. The zero-order chi connectivity index (χ0) is 10.7. The van der Waals surface area contributed by atoms with Gasteiger partial charge in [-0.25, -0.2) is 0 Å². The normalized spacial score (nSPS) is 19.1. The van der Waals surface area contributed by atoms with E-state index in [-0.39, 0.29) is 6.23 Å². The van der Waals surface area contributed by atoms with Crippen LogP contribution in [-0.2, 0) is 0 Å². The van der Waals surface area contributed by atoms with Crippen molar-refractivity contribution in [3.05, 3.63) is 23.5 Å². The number of ether oxygens (including phenoxy) is 1. The minimum absolute atomic E-state index is 0.104. The molecule has 2 rings (SSSR count). The molecule has 0 unspecified atom stereocenters. The summed E-state index contributed by atoms with van der Waals surface area (Å²) >= 11 is 5.83. The molecule has 0 amide bonds. The van der Waals surface area contributed by atoms with Crippen LogP contribution in [0.25, 0.3) is 0 Å². The Bertz CT molecular complexity index is 326. The molecule has 0 radical (unpaired) electrons. The Morgan fingerprint density at radius 1 is 1.40 bits per heavy atom. The summed E-state index contributed by atoms with van der Waals surface area (Å²) in [6.07, 6.45) is 5.93. The summed E-state index contributed by atoms with van der Waals surface area (Å²) in [6.45, 7) is 4.30. The molecule has 0 aromatic carbocycles. The molecule has 0 bridgehead atoms. The van der Waals surface area contributed by atoms with Gasteiger partial charge in [0.2, 0.25) is 0 Å². The van der Waals surface area contributed by atoms with Gasteiger partial charge in [-0.05, 0) is 19.8 Å². The van der Waals surface area contributed by atoms with E-state index in [1.165, 1.54) is 12.8 Å². The SMILES string of the molecule is C[C@H](Oc1cncc(Cl)c1)N1CCCC1. The molecule has 1 aliphatic heterocycles. The lowest BCUT2D eigenvalue weighted by Crippen LogP contribution is -2.34. The van der Waals surface area contributed by atoms with E-state index in [9.17, 15) is 0 Å². The third kappa shape index (κ3) is 2.83. The van der Waals surface area contributed by atoms with Crippen molar-refractivity contribution in [3.8, 4) is 5.75 Å². The molecule has 1 aliphatic rings. The van der Waals surface area contributed by atoms with Crippen LogP contribution in [0, 0.1) is 0 Å². The molecule has 15 heavy (non-hydrogen) atoms. The van der Waals surface area contributed by atoms with Crippen LogP contribution in [0.1, 0.15) is 19.8 Å². The van der Waals surface area contributed by atoms with Gasteiger partial charge in [-0.15, -0.1) is 0 Å². The fourth-order valence-electron chi connectivity index (χ4n) is 1.83. The van der Waals surface area contributed by atoms with E-state index in [0.29, 0.717) is 5.02 Å². The number of aromatic nitrogens is 1. The van der Waals surface area contributed by atoms with Crippen molar-refractivity contribution >= 4 is 11.6 Å². The molecule has 1 aromatic rings. The van der Waals surface area contributed by atoms with Crippen molar-refractivity contribution in [2.24, 2.45) is 0 Å². The Hall–Kier alpha value is -0.800. The average molecular weight is 227 g/mol. The van der Waals surface area contributed by atoms with Gasteiger partial charge >= 0.3 is 0 Å². The van der Waals surface area contributed by atoms with Gasteiger partial charge in [-0.2, -0.15) is 0 Å². The lowest BCUT2D eigenvalue weighted by atomic mass is 10.4. The van der Waals surface area contributed by atoms with Gasteiger partial charge in [-0.1, -0.05) is 11.6 Å². The minimum Gasteiger partial charge on any atom is -0.474 e. The average Bonchev–Trinajstić information content (AvgIpc) is 2.70. The third-order valence-electron chi connectivity index (χ3n) is 2.64. The van der Waals surface area contributed by atoms with E-state index in [2.05, 4.69) is 16.8 Å². The molecule has 0 saturated carbocycles. The second-order valence-corrected chi connectivity index (χ2v) is 4.24. The van der Waals surface area contributed by atoms with Crippen LogP contribution in [-0.4, -0.2) is 29.2 Å². The highest BCUT2D eigenvalue weighted by Gasteiger charge is 2.19. The molecule has 0 spiro atoms. The molecule has 1 atom stereocenters. The maximum atomic E-state index is 5.83. The number of hydrogen-bond donors (Lipinski definition) is 0. The van der Waals surface area contributed by atoms with E-state index in [1.54, 1.807) is 18.5 Å². The minimum atomic E-state index is 0.104. The van der Waals surface area contributed by atoms with E-state index in [0.717, 1.165) is 18.8 Å². The lowest BCUT2D eigenvalue weighted by Gasteiger charge is -2.24. The predicted octanol–water partition coefficient (Wildman–Crippen LogP) is 2.56. The fourth-order valence-corrected chi connectivity index (χ4v) is 2.00. The monoisotopic (exact) mass is 226 g/mol. The van der Waals surface area contributed by atoms with Crippen molar-refractivity contribution in [1.82, 2.24) is 9.88 Å². The summed E-state index contributed by atoms with van der Waals surface area (Å²) in [5, 5.41) is 0.612. The van der Waals surface area contributed by atoms with Gasteiger partial charge in [-0.3, -0.25) is 9.88 Å². The smallest absolute Gasteiger partial charge is 0.149 e. The zero-order valence-electron chi connectivity index (χ0n) is 8.82. The summed E-state index contributed by atoms with van der Waals surface area (Å²) in [6, 6.07) is 1.79. The molecule has 82 valence electrons. The van der Waals surface area contributed by atoms with Gasteiger partial charge in [0.25, 0.3) is 0 Å². The predicted molar refractivity (Wildman–Crippen MR) is 60.1 cm³/mol. The second-order valence-electron chi connectivity index (χ2n) is 3.80. The van der Waals surface area contributed by atoms with Crippen molar-refractivity contribution in [1.29, 1.82) is 0 Å². The first-order valence-corrected chi connectivity index (χ1v) is 5.65. The van der Waals surface area contributed by atoms with Crippen molar-refractivity contribution in [2.45, 2.75) is 26.0 Å². The Morgan fingerprint density at radius 2 is 2.13 bits per heavy atom. The van der Waals surface area contributed by atoms with E-state index >= 15 is 0 Å². The molecule has 0 aliphatic carbocycles. The zero-order valence-corrected chi connectivity index (χ0v) is 9.57. The third-order valence-corrected chi connectivity index (χ3v) is 2.85. The standard InChI is InChI=1S/C11H15ClN2O/c1-9(14-4-2-3-5-14)15-11-6-10(12)7-13-8-11/h6-9H,2-5H2,1H3/t9-/m0/s1. The molecule has 1 aromatic heterocycles. The first-order valence-electron chi connectivity index (χ1n) is 5.27. The Kier molecular flexibility index (Phi) is 3.44. The van der Waals surface area contributed by atoms with Crippen molar-refractivity contribution in [2.75, 3.05) is 13.1 Å². The Labute approximate surface area is 95.0 Å². The largest absolute Gasteiger partial charge is 0.474 e. The molecular formula is C11H15ClN2O. The highest BCUT2D eigenvalue weighted by Crippen LogP contribution is 2.19. The molecule has 3 nitrogen and oxygen atoms in total. The molecule has 4 heteroatoms. The number of pyridine rings is 1. The molecular weight excluding hydrogens is 212 g/mol. The molecule has 1 saturated heterocycles. The summed E-state index contributed by atoms with van der Waals surface area (Å²) in [5.74, 6) is 0.738. The van der Waals surface area contributed by atoms with Gasteiger partial charge in [0.15, 0.2) is 0 Å². The lowest BCUT2D eigenvalue weighted by molar-refractivity contribution is 0.0589. The summed E-state index contributed by atoms with van der Waals surface area (Å²) in [7, 11) is 0. The van der Waals surface area contributed by atoms with Crippen LogP contribution in [0.4, 0.5) is 0 Å². The fraction of sp³-hybridized carbons (Fsp3) is 0.545. The van der Waals surface area contributed by atoms with Gasteiger partial charge in [0.1, 0.15) is 12.0 Å². The number of rotatable bonds is 3. The first kappa shape index (κ1) is 10.7. The van der Waals surface area contributed by atoms with E-state index < -0.39 is 0 Å². The second kappa shape index (κ2) is 4.81. The highest BCUT2D eigenvalue weighted by atomic mass is 35.5. The molecule has 1 fully saturated rings. The maximum Gasteiger partial charge on any atom is 0.149 e. The molecule has 2 heterocycles. The number of hydrogen-bond acceptors (Lipinski definition) is 3. The van der Waals surface area contributed by atoms with Gasteiger partial charge < -0.3 is 4.74 Å². The Morgan fingerprint density at radius 3 is 2.80 bits per heavy atom. The van der Waals surface area contributed by atoms with Crippen LogP contribution in [0.3, 0.4) is 0 Å². The number of likely N-dealkylation sites (tertiary alicyclic amines) is 1. The van der Waals surface area contributed by atoms with E-state index in [1.807, 2.05) is 0 Å². The first-order chi connectivity index (χ1) is 7.25. The van der Waals surface area contributed by atoms with Crippen LogP contribution in [0.5, 0.6) is 5.75 Å².